The average Bonchev–Trinajstić information content (AvgIpc) is 3.13. The summed E-state index contributed by atoms with van der Waals surface area (Å²) < 4.78 is 44.3. The Morgan fingerprint density at radius 1 is 1.23 bits per heavy atom. The Hall–Kier alpha value is -1.83. The number of rotatable bonds is 11. The van der Waals surface area contributed by atoms with Crippen LogP contribution < -0.4 is 16.4 Å². The molecule has 1 unspecified atom stereocenters. The van der Waals surface area contributed by atoms with Crippen LogP contribution in [0.25, 0.3) is 0 Å². The molecule has 2 bridgehead atoms. The fourth-order valence-electron chi connectivity index (χ4n) is 7.24. The molecule has 5 atom stereocenters. The fourth-order valence-corrected chi connectivity index (χ4v) is 9.23. The highest BCUT2D eigenvalue weighted by Gasteiger charge is 2.39. The molecule has 3 aliphatic rings. The van der Waals surface area contributed by atoms with Crippen LogP contribution in [0.2, 0.25) is 5.02 Å². The summed E-state index contributed by atoms with van der Waals surface area (Å²) in [6.45, 7) is 4.62. The van der Waals surface area contributed by atoms with Gasteiger partial charge in [0.15, 0.2) is 0 Å². The van der Waals surface area contributed by atoms with Crippen molar-refractivity contribution in [2.45, 2.75) is 82.3 Å². The van der Waals surface area contributed by atoms with Crippen molar-refractivity contribution >= 4 is 34.0 Å². The molecule has 1 aromatic heterocycles. The number of anilines is 1. The number of carbonyl (C=O) groups is 1. The lowest BCUT2D eigenvalue weighted by molar-refractivity contribution is -0.118. The number of nitrogens with one attached hydrogen (secondary N) is 2. The molecule has 1 aliphatic carbocycles. The van der Waals surface area contributed by atoms with Crippen LogP contribution in [0.5, 0.6) is 0 Å². The predicted octanol–water partition coefficient (Wildman–Crippen LogP) is 5.80. The summed E-state index contributed by atoms with van der Waals surface area (Å²) in [7, 11) is -2.87. The van der Waals surface area contributed by atoms with E-state index >= 15 is 4.39 Å². The lowest BCUT2D eigenvalue weighted by Crippen LogP contribution is -2.55. The summed E-state index contributed by atoms with van der Waals surface area (Å²) in [5.41, 5.74) is 8.35. The monoisotopic (exact) mass is 651 g/mol. The van der Waals surface area contributed by atoms with Crippen molar-refractivity contribution in [1.82, 2.24) is 14.6 Å². The first kappa shape index (κ1) is 33.5. The van der Waals surface area contributed by atoms with Crippen LogP contribution in [0.15, 0.2) is 36.7 Å². The van der Waals surface area contributed by atoms with E-state index in [1.165, 1.54) is 6.20 Å². The third kappa shape index (κ3) is 8.11. The van der Waals surface area contributed by atoms with Crippen LogP contribution in [-0.4, -0.2) is 74.5 Å². The topological polar surface area (TPSA) is 133 Å². The van der Waals surface area contributed by atoms with Gasteiger partial charge >= 0.3 is 0 Å². The average molecular weight is 652 g/mol. The van der Waals surface area contributed by atoms with Gasteiger partial charge in [-0.25, -0.2) is 8.70 Å². The molecule has 244 valence electrons. The van der Waals surface area contributed by atoms with E-state index in [1.807, 2.05) is 35.5 Å². The Bertz CT molecular complexity index is 1250. The summed E-state index contributed by atoms with van der Waals surface area (Å²) in [5.74, 6) is -0.0732. The fraction of sp³-hybridized carbons (Fsp3) is 0.625. The number of aromatic nitrogens is 1. The number of carbonyl (C=O) groups excluding carboxylic acids is 1. The number of fused-ring (bicyclic) bond motifs is 2. The van der Waals surface area contributed by atoms with Crippen molar-refractivity contribution in [3.63, 3.8) is 0 Å². The second kappa shape index (κ2) is 15.2. The minimum atomic E-state index is -2.87. The van der Waals surface area contributed by atoms with E-state index in [2.05, 4.69) is 15.6 Å². The molecule has 1 amide bonds. The highest BCUT2D eigenvalue weighted by molar-refractivity contribution is 8.22. The van der Waals surface area contributed by atoms with E-state index in [9.17, 15) is 13.9 Å². The van der Waals surface area contributed by atoms with Gasteiger partial charge in [-0.2, -0.15) is 0 Å². The molecule has 0 spiro atoms. The Morgan fingerprint density at radius 3 is 2.70 bits per heavy atom. The van der Waals surface area contributed by atoms with Gasteiger partial charge in [0, 0.05) is 54.9 Å². The molecule has 2 saturated heterocycles. The third-order valence-electron chi connectivity index (χ3n) is 9.69. The van der Waals surface area contributed by atoms with Crippen LogP contribution in [0.1, 0.15) is 68.9 Å². The predicted molar refractivity (Wildman–Crippen MR) is 174 cm³/mol. The number of ether oxygens (including phenoxy) is 1. The first-order valence-corrected chi connectivity index (χ1v) is 18.0. The quantitative estimate of drug-likeness (QED) is 0.206. The summed E-state index contributed by atoms with van der Waals surface area (Å²) in [6, 6.07) is 6.72. The second-order valence-electron chi connectivity index (χ2n) is 12.6. The van der Waals surface area contributed by atoms with Crippen LogP contribution in [0.4, 0.5) is 10.1 Å². The number of nitrogens with two attached hydrogens (primary N) is 1. The SMILES string of the molecule is CCOCC1CCC([C@H](c2ccc(Cl)cc2)[C@H](N)C(=O)Nc2cncc(F)c2CC[C@H]2CN[C@@H]3CCCS(O)(O)N2C3)CC1. The summed E-state index contributed by atoms with van der Waals surface area (Å²) in [5, 5.41) is 7.04. The van der Waals surface area contributed by atoms with E-state index < -0.39 is 22.6 Å². The number of amides is 1. The minimum absolute atomic E-state index is 0.167. The molecular weight excluding hydrogens is 605 g/mol. The van der Waals surface area contributed by atoms with Gasteiger partial charge in [0.2, 0.25) is 5.91 Å². The smallest absolute Gasteiger partial charge is 0.241 e. The molecule has 9 nitrogen and oxygen atoms in total. The molecule has 5 rings (SSSR count). The normalized spacial score (nSPS) is 28.8. The number of benzene rings is 1. The van der Waals surface area contributed by atoms with Crippen molar-refractivity contribution in [2.24, 2.45) is 17.6 Å². The van der Waals surface area contributed by atoms with E-state index in [0.717, 1.165) is 56.9 Å². The number of pyridine rings is 1. The van der Waals surface area contributed by atoms with E-state index in [1.54, 1.807) is 0 Å². The zero-order valence-electron chi connectivity index (χ0n) is 25.5. The van der Waals surface area contributed by atoms with Gasteiger partial charge < -0.3 is 21.1 Å². The van der Waals surface area contributed by atoms with Crippen LogP contribution >= 0.6 is 22.4 Å². The maximum Gasteiger partial charge on any atom is 0.241 e. The Balaban J connectivity index is 1.30. The largest absolute Gasteiger partial charge is 0.381 e. The van der Waals surface area contributed by atoms with Gasteiger partial charge in [0.05, 0.1) is 29.9 Å². The maximum atomic E-state index is 15.2. The minimum Gasteiger partial charge on any atom is -0.381 e. The standard InChI is InChI=1S/C32H47ClFN5O4S/c1-2-43-20-21-5-7-22(8-6-21)30(23-9-11-24(33)12-10-23)31(35)32(40)38-29-18-36-17-28(34)27(29)14-13-26-16-37-25-4-3-15-44(41,42)39(26)19-25/h9-12,17-18,21-22,25-26,30-31,37,41-42H,2-8,13-16,19-20,35H2,1H3,(H,38,40)/t21?,22?,25-,26+,30-,31+/m1/s1. The van der Waals surface area contributed by atoms with Crippen molar-refractivity contribution in [1.29, 1.82) is 0 Å². The first-order chi connectivity index (χ1) is 21.2. The van der Waals surface area contributed by atoms with E-state index in [0.29, 0.717) is 60.5 Å². The molecule has 44 heavy (non-hydrogen) atoms. The Labute approximate surface area is 266 Å². The molecule has 0 radical (unpaired) electrons. The highest BCUT2D eigenvalue weighted by Crippen LogP contribution is 2.49. The summed E-state index contributed by atoms with van der Waals surface area (Å²) >= 11 is 6.19. The number of halogens is 2. The first-order valence-electron chi connectivity index (χ1n) is 15.9. The van der Waals surface area contributed by atoms with Gasteiger partial charge in [-0.05, 0) is 87.8 Å². The van der Waals surface area contributed by atoms with Gasteiger partial charge in [-0.15, -0.1) is 10.8 Å². The number of hydrogen-bond acceptors (Lipinski definition) is 8. The molecule has 1 aromatic carbocycles. The van der Waals surface area contributed by atoms with Gasteiger partial charge in [-0.3, -0.25) is 18.9 Å². The zero-order valence-corrected chi connectivity index (χ0v) is 27.0. The van der Waals surface area contributed by atoms with E-state index in [4.69, 9.17) is 22.1 Å². The Kier molecular flexibility index (Phi) is 11.6. The molecule has 12 heteroatoms. The number of nitrogens with zero attached hydrogens (tertiary/aromatic N) is 2. The summed E-state index contributed by atoms with van der Waals surface area (Å²) in [4.78, 5) is 17.8. The van der Waals surface area contributed by atoms with Crippen LogP contribution in [0.3, 0.4) is 0 Å². The number of hydrogen-bond donors (Lipinski definition) is 5. The van der Waals surface area contributed by atoms with E-state index in [-0.39, 0.29) is 29.8 Å². The third-order valence-corrected chi connectivity index (χ3v) is 12.0. The van der Waals surface area contributed by atoms with Crippen molar-refractivity contribution in [3.05, 3.63) is 58.6 Å². The van der Waals surface area contributed by atoms with Crippen LogP contribution in [0, 0.1) is 17.7 Å². The molecule has 3 heterocycles. The zero-order chi connectivity index (χ0) is 31.3. The second-order valence-corrected chi connectivity index (χ2v) is 15.1. The maximum absolute atomic E-state index is 15.2. The molecule has 6 N–H and O–H groups in total. The summed E-state index contributed by atoms with van der Waals surface area (Å²) in [6.07, 6.45) is 8.96. The highest BCUT2D eigenvalue weighted by atomic mass is 35.5. The molecular formula is C32H47ClFN5O4S. The lowest BCUT2D eigenvalue weighted by Gasteiger charge is -2.49. The van der Waals surface area contributed by atoms with Crippen molar-refractivity contribution in [2.75, 3.05) is 37.4 Å². The molecule has 2 aliphatic heterocycles. The Morgan fingerprint density at radius 2 is 1.98 bits per heavy atom. The van der Waals surface area contributed by atoms with Crippen molar-refractivity contribution in [3.8, 4) is 0 Å². The molecule has 2 aromatic rings. The van der Waals surface area contributed by atoms with Crippen LogP contribution in [-0.2, 0) is 16.0 Å². The van der Waals surface area contributed by atoms with Gasteiger partial charge in [0.1, 0.15) is 5.82 Å². The molecule has 1 saturated carbocycles. The number of piperazine rings is 1. The lowest BCUT2D eigenvalue weighted by atomic mass is 9.71. The van der Waals surface area contributed by atoms with Crippen molar-refractivity contribution < 1.29 is 23.0 Å². The van der Waals surface area contributed by atoms with Gasteiger partial charge in [0.25, 0.3) is 0 Å². The van der Waals surface area contributed by atoms with Gasteiger partial charge in [-0.1, -0.05) is 23.7 Å². The molecule has 3 fully saturated rings.